The summed E-state index contributed by atoms with van der Waals surface area (Å²) in [4.78, 5) is 0. The summed E-state index contributed by atoms with van der Waals surface area (Å²) in [6.45, 7) is 1.87. The lowest BCUT2D eigenvalue weighted by Crippen LogP contribution is -2.16. The van der Waals surface area contributed by atoms with Gasteiger partial charge in [0, 0.05) is 25.1 Å². The molecule has 1 heterocycles. The Bertz CT molecular complexity index is 554. The van der Waals surface area contributed by atoms with E-state index in [0.717, 1.165) is 30.2 Å². The lowest BCUT2D eigenvalue weighted by molar-refractivity contribution is 0.415. The van der Waals surface area contributed by atoms with Crippen LogP contribution < -0.4 is 15.4 Å². The van der Waals surface area contributed by atoms with E-state index in [1.54, 1.807) is 7.11 Å². The predicted octanol–water partition coefficient (Wildman–Crippen LogP) is 3.32. The molecule has 0 radical (unpaired) electrons. The van der Waals surface area contributed by atoms with Crippen molar-refractivity contribution in [3.05, 3.63) is 54.1 Å². The molecule has 0 amide bonds. The topological polar surface area (TPSA) is 33.3 Å². The highest BCUT2D eigenvalue weighted by Crippen LogP contribution is 2.31. The minimum atomic E-state index is 0.472. The lowest BCUT2D eigenvalue weighted by atomic mass is 9.99. The SMILES string of the molecule is COc1ccc2c(c1)NCC(c1ccccc1)CN2. The van der Waals surface area contributed by atoms with Gasteiger partial charge in [-0.25, -0.2) is 0 Å². The Morgan fingerprint density at radius 3 is 2.42 bits per heavy atom. The highest BCUT2D eigenvalue weighted by atomic mass is 16.5. The van der Waals surface area contributed by atoms with Crippen LogP contribution in [-0.4, -0.2) is 20.2 Å². The van der Waals surface area contributed by atoms with E-state index in [-0.39, 0.29) is 0 Å². The van der Waals surface area contributed by atoms with Gasteiger partial charge in [-0.15, -0.1) is 0 Å². The summed E-state index contributed by atoms with van der Waals surface area (Å²) in [6.07, 6.45) is 0. The van der Waals surface area contributed by atoms with Crippen molar-refractivity contribution in [1.29, 1.82) is 0 Å². The number of hydrogen-bond acceptors (Lipinski definition) is 3. The number of fused-ring (bicyclic) bond motifs is 1. The van der Waals surface area contributed by atoms with E-state index in [9.17, 15) is 0 Å². The molecule has 2 N–H and O–H groups in total. The maximum absolute atomic E-state index is 5.26. The molecule has 0 saturated carbocycles. The summed E-state index contributed by atoms with van der Waals surface area (Å²) < 4.78 is 5.26. The van der Waals surface area contributed by atoms with Gasteiger partial charge in [-0.3, -0.25) is 0 Å². The Labute approximate surface area is 113 Å². The van der Waals surface area contributed by atoms with E-state index in [1.807, 2.05) is 12.1 Å². The Hall–Kier alpha value is -2.16. The number of benzene rings is 2. The summed E-state index contributed by atoms with van der Waals surface area (Å²) in [5, 5.41) is 7.01. The first-order valence-corrected chi connectivity index (χ1v) is 6.57. The number of ether oxygens (including phenoxy) is 1. The molecule has 2 aromatic carbocycles. The van der Waals surface area contributed by atoms with E-state index in [4.69, 9.17) is 4.74 Å². The Kier molecular flexibility index (Phi) is 3.27. The highest BCUT2D eigenvalue weighted by molar-refractivity contribution is 5.71. The van der Waals surface area contributed by atoms with Gasteiger partial charge in [0.1, 0.15) is 5.75 Å². The third-order valence-corrected chi connectivity index (χ3v) is 3.58. The van der Waals surface area contributed by atoms with Gasteiger partial charge in [-0.2, -0.15) is 0 Å². The zero-order chi connectivity index (χ0) is 13.1. The van der Waals surface area contributed by atoms with Crippen molar-refractivity contribution in [2.75, 3.05) is 30.8 Å². The van der Waals surface area contributed by atoms with Crippen molar-refractivity contribution >= 4 is 11.4 Å². The zero-order valence-electron chi connectivity index (χ0n) is 11.0. The molecule has 1 aliphatic rings. The number of hydrogen-bond donors (Lipinski definition) is 2. The fraction of sp³-hybridized carbons (Fsp3) is 0.250. The summed E-state index contributed by atoms with van der Waals surface area (Å²) >= 11 is 0. The number of rotatable bonds is 2. The van der Waals surface area contributed by atoms with Crippen molar-refractivity contribution in [3.63, 3.8) is 0 Å². The molecule has 19 heavy (non-hydrogen) atoms. The molecule has 0 fully saturated rings. The molecule has 0 saturated heterocycles. The van der Waals surface area contributed by atoms with Crippen molar-refractivity contribution in [3.8, 4) is 5.75 Å². The van der Waals surface area contributed by atoms with Crippen molar-refractivity contribution < 1.29 is 4.74 Å². The molecule has 1 unspecified atom stereocenters. The van der Waals surface area contributed by atoms with Gasteiger partial charge >= 0.3 is 0 Å². The van der Waals surface area contributed by atoms with Gasteiger partial charge in [-0.05, 0) is 17.7 Å². The van der Waals surface area contributed by atoms with E-state index in [0.29, 0.717) is 5.92 Å². The van der Waals surface area contributed by atoms with Crippen LogP contribution in [0.4, 0.5) is 11.4 Å². The number of nitrogens with one attached hydrogen (secondary N) is 2. The van der Waals surface area contributed by atoms with Gasteiger partial charge in [0.25, 0.3) is 0 Å². The first-order valence-electron chi connectivity index (χ1n) is 6.57. The van der Waals surface area contributed by atoms with Crippen LogP contribution in [0.15, 0.2) is 48.5 Å². The number of anilines is 2. The van der Waals surface area contributed by atoms with Gasteiger partial charge < -0.3 is 15.4 Å². The van der Waals surface area contributed by atoms with E-state index in [2.05, 4.69) is 47.0 Å². The third-order valence-electron chi connectivity index (χ3n) is 3.58. The maximum Gasteiger partial charge on any atom is 0.121 e. The predicted molar refractivity (Wildman–Crippen MR) is 79.2 cm³/mol. The quantitative estimate of drug-likeness (QED) is 0.862. The standard InChI is InChI=1S/C16H18N2O/c1-19-14-7-8-15-16(9-14)18-11-13(10-17-15)12-5-3-2-4-6-12/h2-9,13,17-18H,10-11H2,1H3. The maximum atomic E-state index is 5.26. The first-order chi connectivity index (χ1) is 9.36. The monoisotopic (exact) mass is 254 g/mol. The summed E-state index contributed by atoms with van der Waals surface area (Å²) in [5.41, 5.74) is 3.61. The van der Waals surface area contributed by atoms with Crippen LogP contribution in [0.3, 0.4) is 0 Å². The van der Waals surface area contributed by atoms with Crippen LogP contribution >= 0.6 is 0 Å². The van der Waals surface area contributed by atoms with E-state index in [1.165, 1.54) is 5.56 Å². The molecular weight excluding hydrogens is 236 g/mol. The molecule has 1 aliphatic heterocycles. The largest absolute Gasteiger partial charge is 0.497 e. The Morgan fingerprint density at radius 1 is 0.947 bits per heavy atom. The van der Waals surface area contributed by atoms with Crippen LogP contribution in [0, 0.1) is 0 Å². The fourth-order valence-corrected chi connectivity index (χ4v) is 2.45. The molecule has 1 atom stereocenters. The lowest BCUT2D eigenvalue weighted by Gasteiger charge is -2.14. The second kappa shape index (κ2) is 5.22. The molecular formula is C16H18N2O. The zero-order valence-corrected chi connectivity index (χ0v) is 11.0. The van der Waals surface area contributed by atoms with Crippen LogP contribution in [0.1, 0.15) is 11.5 Å². The molecule has 0 aromatic heterocycles. The summed E-state index contributed by atoms with van der Waals surface area (Å²) in [7, 11) is 1.69. The van der Waals surface area contributed by atoms with Crippen LogP contribution in [0.5, 0.6) is 5.75 Å². The highest BCUT2D eigenvalue weighted by Gasteiger charge is 2.16. The molecule has 3 heteroatoms. The molecule has 0 aliphatic carbocycles. The van der Waals surface area contributed by atoms with Crippen molar-refractivity contribution in [2.24, 2.45) is 0 Å². The van der Waals surface area contributed by atoms with Crippen LogP contribution in [-0.2, 0) is 0 Å². The molecule has 0 bridgehead atoms. The van der Waals surface area contributed by atoms with Crippen LogP contribution in [0.2, 0.25) is 0 Å². The van der Waals surface area contributed by atoms with Crippen molar-refractivity contribution in [1.82, 2.24) is 0 Å². The molecule has 2 aromatic rings. The second-order valence-electron chi connectivity index (χ2n) is 4.78. The van der Waals surface area contributed by atoms with E-state index < -0.39 is 0 Å². The average molecular weight is 254 g/mol. The van der Waals surface area contributed by atoms with E-state index >= 15 is 0 Å². The first kappa shape index (κ1) is 11.9. The minimum absolute atomic E-state index is 0.472. The molecule has 0 spiro atoms. The summed E-state index contributed by atoms with van der Waals surface area (Å²) in [6, 6.07) is 16.7. The second-order valence-corrected chi connectivity index (χ2v) is 4.78. The summed E-state index contributed by atoms with van der Waals surface area (Å²) in [5.74, 6) is 1.35. The fourth-order valence-electron chi connectivity index (χ4n) is 2.45. The Balaban J connectivity index is 1.81. The van der Waals surface area contributed by atoms with Gasteiger partial charge in [0.05, 0.1) is 18.5 Å². The average Bonchev–Trinajstić information content (AvgIpc) is 2.70. The van der Waals surface area contributed by atoms with Crippen molar-refractivity contribution in [2.45, 2.75) is 5.92 Å². The number of methoxy groups -OCH3 is 1. The van der Waals surface area contributed by atoms with Gasteiger partial charge in [0.15, 0.2) is 0 Å². The molecule has 3 nitrogen and oxygen atoms in total. The van der Waals surface area contributed by atoms with Crippen LogP contribution in [0.25, 0.3) is 0 Å². The smallest absolute Gasteiger partial charge is 0.121 e. The molecule has 3 rings (SSSR count). The third kappa shape index (κ3) is 2.50. The molecule has 98 valence electrons. The minimum Gasteiger partial charge on any atom is -0.497 e. The normalized spacial score (nSPS) is 17.6. The van der Waals surface area contributed by atoms with Gasteiger partial charge in [-0.1, -0.05) is 30.3 Å². The Morgan fingerprint density at radius 2 is 1.68 bits per heavy atom. The van der Waals surface area contributed by atoms with Gasteiger partial charge in [0.2, 0.25) is 0 Å².